The predicted molar refractivity (Wildman–Crippen MR) is 134 cm³/mol. The second-order valence-corrected chi connectivity index (χ2v) is 8.76. The molecule has 0 aliphatic heterocycles. The first-order valence-electron chi connectivity index (χ1n) is 11.9. The van der Waals surface area contributed by atoms with Crippen LogP contribution in [0, 0.1) is 17.5 Å². The molecule has 0 aliphatic rings. The summed E-state index contributed by atoms with van der Waals surface area (Å²) in [4.78, 5) is 0. The Kier molecular flexibility index (Phi) is 8.29. The molecule has 0 saturated carbocycles. The Balaban J connectivity index is 1.41. The predicted octanol–water partition coefficient (Wildman–Crippen LogP) is 8.29. The summed E-state index contributed by atoms with van der Waals surface area (Å²) in [5.41, 5.74) is 2.29. The minimum absolute atomic E-state index is 0.229. The third-order valence-electron chi connectivity index (χ3n) is 6.08. The molecule has 0 aromatic heterocycles. The van der Waals surface area contributed by atoms with Gasteiger partial charge in [-0.2, -0.15) is 0 Å². The number of hydrogen-bond acceptors (Lipinski definition) is 2. The van der Waals surface area contributed by atoms with E-state index in [4.69, 9.17) is 4.74 Å². The topological polar surface area (TPSA) is 18.5 Å². The van der Waals surface area contributed by atoms with Crippen molar-refractivity contribution in [3.8, 4) is 11.5 Å². The first-order valence-corrected chi connectivity index (χ1v) is 11.9. The van der Waals surface area contributed by atoms with Crippen LogP contribution < -0.4 is 9.47 Å². The molecule has 0 unspecified atom stereocenters. The van der Waals surface area contributed by atoms with Gasteiger partial charge in [-0.1, -0.05) is 55.1 Å². The standard InChI is InChI=1S/C30H24F6O2/c1-2-15-37-24-12-11-21(26(31)18-24)7-3-19-5-13-25-23(16-19)10-9-22(29(25)33)8-4-20-6-14-28(27(32)17-20)38-30(34,35)36/h2,5-6,9-14,16-18H,1,3-4,7-8,15H2. The Morgan fingerprint density at radius 2 is 1.39 bits per heavy atom. The lowest BCUT2D eigenvalue weighted by molar-refractivity contribution is -0.275. The van der Waals surface area contributed by atoms with E-state index in [-0.39, 0.29) is 18.7 Å². The molecule has 0 N–H and O–H groups in total. The molecule has 0 bridgehead atoms. The van der Waals surface area contributed by atoms with Gasteiger partial charge >= 0.3 is 6.36 Å². The fraction of sp³-hybridized carbons (Fsp3) is 0.200. The molecule has 0 fully saturated rings. The molecule has 0 spiro atoms. The van der Waals surface area contributed by atoms with Gasteiger partial charge in [-0.05, 0) is 71.5 Å². The van der Waals surface area contributed by atoms with Crippen LogP contribution in [0.3, 0.4) is 0 Å². The summed E-state index contributed by atoms with van der Waals surface area (Å²) < 4.78 is 89.5. The van der Waals surface area contributed by atoms with Crippen LogP contribution in [0.4, 0.5) is 26.3 Å². The van der Waals surface area contributed by atoms with Crippen LogP contribution in [-0.2, 0) is 25.7 Å². The quantitative estimate of drug-likeness (QED) is 0.152. The number of halogens is 6. The maximum atomic E-state index is 15.2. The van der Waals surface area contributed by atoms with Crippen LogP contribution in [0.5, 0.6) is 11.5 Å². The Bertz CT molecular complexity index is 1450. The summed E-state index contributed by atoms with van der Waals surface area (Å²) in [6, 6.07) is 16.7. The highest BCUT2D eigenvalue weighted by Gasteiger charge is 2.32. The lowest BCUT2D eigenvalue weighted by atomic mass is 9.97. The van der Waals surface area contributed by atoms with Gasteiger partial charge in [0.1, 0.15) is 24.0 Å². The van der Waals surface area contributed by atoms with Crippen molar-refractivity contribution < 1.29 is 35.8 Å². The first kappa shape index (κ1) is 27.1. The lowest BCUT2D eigenvalue weighted by Gasteiger charge is -2.11. The van der Waals surface area contributed by atoms with Crippen molar-refractivity contribution in [3.63, 3.8) is 0 Å². The molecule has 38 heavy (non-hydrogen) atoms. The summed E-state index contributed by atoms with van der Waals surface area (Å²) in [6.45, 7) is 3.85. The summed E-state index contributed by atoms with van der Waals surface area (Å²) in [7, 11) is 0. The van der Waals surface area contributed by atoms with Gasteiger partial charge in [0.15, 0.2) is 11.6 Å². The fourth-order valence-corrected chi connectivity index (χ4v) is 4.18. The molecular formula is C30H24F6O2. The van der Waals surface area contributed by atoms with Gasteiger partial charge in [0.05, 0.1) is 0 Å². The summed E-state index contributed by atoms with van der Waals surface area (Å²) in [5, 5.41) is 1.11. The Hall–Kier alpha value is -3.94. The van der Waals surface area contributed by atoms with E-state index in [0.29, 0.717) is 52.7 Å². The minimum atomic E-state index is -4.99. The maximum absolute atomic E-state index is 15.2. The van der Waals surface area contributed by atoms with Crippen LogP contribution in [0.2, 0.25) is 0 Å². The van der Waals surface area contributed by atoms with Gasteiger partial charge in [0.2, 0.25) is 0 Å². The van der Waals surface area contributed by atoms with E-state index in [0.717, 1.165) is 17.7 Å². The molecule has 0 heterocycles. The largest absolute Gasteiger partial charge is 0.573 e. The zero-order chi connectivity index (χ0) is 27.3. The molecule has 8 heteroatoms. The lowest BCUT2D eigenvalue weighted by Crippen LogP contribution is -2.18. The van der Waals surface area contributed by atoms with Crippen molar-refractivity contribution in [2.24, 2.45) is 0 Å². The highest BCUT2D eigenvalue weighted by Crippen LogP contribution is 2.28. The number of benzene rings is 4. The van der Waals surface area contributed by atoms with Crippen molar-refractivity contribution in [2.75, 3.05) is 6.61 Å². The van der Waals surface area contributed by atoms with Gasteiger partial charge in [-0.15, -0.1) is 13.2 Å². The highest BCUT2D eigenvalue weighted by molar-refractivity contribution is 5.84. The molecule has 0 atom stereocenters. The van der Waals surface area contributed by atoms with E-state index < -0.39 is 23.7 Å². The van der Waals surface area contributed by atoms with Gasteiger partial charge in [0, 0.05) is 11.5 Å². The van der Waals surface area contributed by atoms with E-state index in [1.165, 1.54) is 12.1 Å². The summed E-state index contributed by atoms with van der Waals surface area (Å²) in [6.07, 6.45) is -1.93. The SMILES string of the molecule is C=CCOc1ccc(CCc2ccc3c(F)c(CCc4ccc(OC(F)(F)F)c(F)c4)ccc3c2)c(F)c1. The number of ether oxygens (including phenoxy) is 2. The van der Waals surface area contributed by atoms with Crippen molar-refractivity contribution in [1.29, 1.82) is 0 Å². The van der Waals surface area contributed by atoms with Gasteiger partial charge < -0.3 is 9.47 Å². The van der Waals surface area contributed by atoms with E-state index in [1.807, 2.05) is 6.07 Å². The number of alkyl halides is 3. The number of rotatable bonds is 10. The van der Waals surface area contributed by atoms with E-state index in [9.17, 15) is 22.0 Å². The first-order chi connectivity index (χ1) is 18.1. The smallest absolute Gasteiger partial charge is 0.489 e. The number of fused-ring (bicyclic) bond motifs is 1. The summed E-state index contributed by atoms with van der Waals surface area (Å²) in [5.74, 6) is -2.38. The molecule has 4 aromatic carbocycles. The Labute approximate surface area is 216 Å². The van der Waals surface area contributed by atoms with Crippen molar-refractivity contribution in [1.82, 2.24) is 0 Å². The molecule has 4 rings (SSSR count). The average Bonchev–Trinajstić information content (AvgIpc) is 2.87. The van der Waals surface area contributed by atoms with Crippen LogP contribution >= 0.6 is 0 Å². The Morgan fingerprint density at radius 1 is 0.711 bits per heavy atom. The van der Waals surface area contributed by atoms with Crippen LogP contribution in [0.25, 0.3) is 10.8 Å². The molecule has 0 amide bonds. The zero-order valence-electron chi connectivity index (χ0n) is 20.3. The molecule has 2 nitrogen and oxygen atoms in total. The third kappa shape index (κ3) is 6.88. The summed E-state index contributed by atoms with van der Waals surface area (Å²) >= 11 is 0. The second-order valence-electron chi connectivity index (χ2n) is 8.76. The van der Waals surface area contributed by atoms with Crippen molar-refractivity contribution in [2.45, 2.75) is 32.0 Å². The fourth-order valence-electron chi connectivity index (χ4n) is 4.18. The molecule has 0 aliphatic carbocycles. The zero-order valence-corrected chi connectivity index (χ0v) is 20.3. The van der Waals surface area contributed by atoms with Crippen molar-refractivity contribution in [3.05, 3.63) is 119 Å². The van der Waals surface area contributed by atoms with E-state index >= 15 is 4.39 Å². The molecule has 198 valence electrons. The van der Waals surface area contributed by atoms with Gasteiger partial charge in [-0.25, -0.2) is 13.2 Å². The maximum Gasteiger partial charge on any atom is 0.573 e. The third-order valence-corrected chi connectivity index (χ3v) is 6.08. The Morgan fingerprint density at radius 3 is 2.08 bits per heavy atom. The number of aryl methyl sites for hydroxylation is 4. The van der Waals surface area contributed by atoms with E-state index in [2.05, 4.69) is 11.3 Å². The second kappa shape index (κ2) is 11.6. The van der Waals surface area contributed by atoms with Gasteiger partial charge in [0.25, 0.3) is 0 Å². The average molecular weight is 531 g/mol. The molecule has 4 aromatic rings. The number of hydrogen-bond donors (Lipinski definition) is 0. The van der Waals surface area contributed by atoms with Crippen molar-refractivity contribution >= 4 is 10.8 Å². The normalized spacial score (nSPS) is 11.5. The molecule has 0 saturated heterocycles. The van der Waals surface area contributed by atoms with Crippen LogP contribution in [-0.4, -0.2) is 13.0 Å². The monoisotopic (exact) mass is 530 g/mol. The van der Waals surface area contributed by atoms with E-state index in [1.54, 1.807) is 42.5 Å². The highest BCUT2D eigenvalue weighted by atomic mass is 19.4. The van der Waals surface area contributed by atoms with Crippen LogP contribution in [0.15, 0.2) is 79.4 Å². The van der Waals surface area contributed by atoms with Crippen LogP contribution in [0.1, 0.15) is 22.3 Å². The molecule has 0 radical (unpaired) electrons. The van der Waals surface area contributed by atoms with Gasteiger partial charge in [-0.3, -0.25) is 0 Å². The minimum Gasteiger partial charge on any atom is -0.489 e. The molecular weight excluding hydrogens is 506 g/mol.